The summed E-state index contributed by atoms with van der Waals surface area (Å²) in [7, 11) is -4.10. The van der Waals surface area contributed by atoms with E-state index in [4.69, 9.17) is 23.2 Å². The molecule has 11 heteroatoms. The van der Waals surface area contributed by atoms with Gasteiger partial charge in [-0.3, -0.25) is 4.79 Å². The van der Waals surface area contributed by atoms with Crippen LogP contribution in [0.5, 0.6) is 0 Å². The van der Waals surface area contributed by atoms with E-state index < -0.39 is 34.1 Å². The zero-order valence-corrected chi connectivity index (χ0v) is 20.1. The average Bonchev–Trinajstić information content (AvgIpc) is 2.73. The van der Waals surface area contributed by atoms with Crippen LogP contribution >= 0.6 is 39.1 Å². The molecule has 0 bridgehead atoms. The summed E-state index contributed by atoms with van der Waals surface area (Å²) in [6, 6.07) is 13.4. The fourth-order valence-electron chi connectivity index (χ4n) is 2.76. The van der Waals surface area contributed by atoms with Crippen LogP contribution in [0.25, 0.3) is 0 Å². The maximum atomic E-state index is 13.4. The molecule has 0 unspecified atom stereocenters. The summed E-state index contributed by atoms with van der Waals surface area (Å²) < 4.78 is 54.7. The van der Waals surface area contributed by atoms with Gasteiger partial charge in [0.2, 0.25) is 15.9 Å². The number of nitrogens with one attached hydrogen (secondary N) is 1. The third-order valence-corrected chi connectivity index (χ3v) is 7.39. The molecule has 3 aromatic rings. The summed E-state index contributed by atoms with van der Waals surface area (Å²) in [4.78, 5) is 12.5. The molecule has 0 fully saturated rings. The first kappa shape index (κ1) is 24.6. The zero-order chi connectivity index (χ0) is 23.5. The highest BCUT2D eigenvalue weighted by atomic mass is 79.9. The summed E-state index contributed by atoms with van der Waals surface area (Å²) in [5, 5.41) is 2.91. The van der Waals surface area contributed by atoms with E-state index in [1.165, 1.54) is 30.3 Å². The smallest absolute Gasteiger partial charge is 0.243 e. The van der Waals surface area contributed by atoms with Gasteiger partial charge in [-0.15, -0.1) is 0 Å². The van der Waals surface area contributed by atoms with Crippen molar-refractivity contribution in [1.82, 2.24) is 4.31 Å². The van der Waals surface area contributed by atoms with Crippen molar-refractivity contribution in [2.45, 2.75) is 11.4 Å². The van der Waals surface area contributed by atoms with Gasteiger partial charge in [0.1, 0.15) is 0 Å². The van der Waals surface area contributed by atoms with Crippen molar-refractivity contribution < 1.29 is 22.0 Å². The number of nitrogens with zero attached hydrogens (tertiary/aromatic N) is 1. The van der Waals surface area contributed by atoms with Crippen LogP contribution in [0.1, 0.15) is 5.56 Å². The van der Waals surface area contributed by atoms with Gasteiger partial charge >= 0.3 is 0 Å². The number of sulfonamides is 1. The molecule has 0 radical (unpaired) electrons. The quantitative estimate of drug-likeness (QED) is 0.391. The molecule has 1 N–H and O–H groups in total. The number of amides is 1. The van der Waals surface area contributed by atoms with Crippen LogP contribution in [0.15, 0.2) is 70.0 Å². The van der Waals surface area contributed by atoms with Gasteiger partial charge in [0, 0.05) is 22.8 Å². The Kier molecular flexibility index (Phi) is 7.89. The van der Waals surface area contributed by atoms with Crippen molar-refractivity contribution in [3.8, 4) is 0 Å². The van der Waals surface area contributed by atoms with Gasteiger partial charge < -0.3 is 5.32 Å². The predicted octanol–water partition coefficient (Wildman–Crippen LogP) is 5.86. The summed E-state index contributed by atoms with van der Waals surface area (Å²) in [6.07, 6.45) is 0. The lowest BCUT2D eigenvalue weighted by Gasteiger charge is -2.22. The average molecular weight is 564 g/mol. The van der Waals surface area contributed by atoms with E-state index in [-0.39, 0.29) is 22.2 Å². The van der Waals surface area contributed by atoms with Crippen LogP contribution in [-0.4, -0.2) is 25.2 Å². The van der Waals surface area contributed by atoms with E-state index in [2.05, 4.69) is 21.2 Å². The van der Waals surface area contributed by atoms with E-state index in [1.807, 2.05) is 0 Å². The van der Waals surface area contributed by atoms with Crippen LogP contribution in [-0.2, 0) is 21.4 Å². The largest absolute Gasteiger partial charge is 0.325 e. The van der Waals surface area contributed by atoms with Crippen LogP contribution in [0.3, 0.4) is 0 Å². The Hall–Kier alpha value is -2.04. The third kappa shape index (κ3) is 6.05. The second-order valence-electron chi connectivity index (χ2n) is 6.65. The molecule has 168 valence electrons. The van der Waals surface area contributed by atoms with E-state index in [9.17, 15) is 22.0 Å². The topological polar surface area (TPSA) is 66.5 Å². The molecule has 0 saturated carbocycles. The Balaban J connectivity index is 1.89. The minimum Gasteiger partial charge on any atom is -0.325 e. The van der Waals surface area contributed by atoms with Gasteiger partial charge in [0.15, 0.2) is 11.6 Å². The molecule has 0 atom stereocenters. The van der Waals surface area contributed by atoms with E-state index in [0.717, 1.165) is 16.4 Å². The minimum absolute atomic E-state index is 0.00979. The second kappa shape index (κ2) is 10.3. The molecule has 0 aliphatic heterocycles. The van der Waals surface area contributed by atoms with Crippen molar-refractivity contribution in [2.75, 3.05) is 11.9 Å². The van der Waals surface area contributed by atoms with Crippen molar-refractivity contribution >= 4 is 60.7 Å². The van der Waals surface area contributed by atoms with E-state index in [0.29, 0.717) is 15.1 Å². The van der Waals surface area contributed by atoms with Crippen LogP contribution in [0.4, 0.5) is 14.5 Å². The Bertz CT molecular complexity index is 1260. The van der Waals surface area contributed by atoms with Gasteiger partial charge in [0.05, 0.1) is 21.5 Å². The highest BCUT2D eigenvalue weighted by Crippen LogP contribution is 2.26. The number of carbonyl (C=O) groups excluding carboxylic acids is 1. The molecule has 0 aliphatic rings. The Labute approximate surface area is 202 Å². The standard InChI is InChI=1S/C21H15BrCl2F2N2O3S/c22-14-2-5-16(6-3-14)32(30,31)28(11-13-1-7-17(23)18(24)9-13)12-21(29)27-15-4-8-19(25)20(26)10-15/h1-10H,11-12H2,(H,27,29). The molecular weight excluding hydrogens is 549 g/mol. The number of halogens is 5. The number of hydrogen-bond donors (Lipinski definition) is 1. The third-order valence-electron chi connectivity index (χ3n) is 4.32. The fourth-order valence-corrected chi connectivity index (χ4v) is 4.73. The zero-order valence-electron chi connectivity index (χ0n) is 16.2. The maximum absolute atomic E-state index is 13.4. The normalized spacial score (nSPS) is 11.6. The Morgan fingerprint density at radius 1 is 0.938 bits per heavy atom. The lowest BCUT2D eigenvalue weighted by atomic mass is 10.2. The van der Waals surface area contributed by atoms with Gasteiger partial charge in [-0.1, -0.05) is 45.2 Å². The van der Waals surface area contributed by atoms with E-state index in [1.54, 1.807) is 18.2 Å². The van der Waals surface area contributed by atoms with Gasteiger partial charge in [-0.05, 0) is 54.1 Å². The molecule has 0 spiro atoms. The monoisotopic (exact) mass is 562 g/mol. The highest BCUT2D eigenvalue weighted by Gasteiger charge is 2.27. The van der Waals surface area contributed by atoms with Crippen LogP contribution < -0.4 is 5.32 Å². The van der Waals surface area contributed by atoms with Crippen LogP contribution in [0.2, 0.25) is 10.0 Å². The lowest BCUT2D eigenvalue weighted by Crippen LogP contribution is -2.37. The Morgan fingerprint density at radius 2 is 1.62 bits per heavy atom. The van der Waals surface area contributed by atoms with E-state index >= 15 is 0 Å². The SMILES string of the molecule is O=C(CN(Cc1ccc(Cl)c(Cl)c1)S(=O)(=O)c1ccc(Br)cc1)Nc1ccc(F)c(F)c1. The summed E-state index contributed by atoms with van der Waals surface area (Å²) in [5.41, 5.74) is 0.491. The number of anilines is 1. The molecular formula is C21H15BrCl2F2N2O3S. The number of carbonyl (C=O) groups is 1. The van der Waals surface area contributed by atoms with Crippen molar-refractivity contribution in [3.63, 3.8) is 0 Å². The van der Waals surface area contributed by atoms with Crippen molar-refractivity contribution in [3.05, 3.63) is 92.4 Å². The molecule has 32 heavy (non-hydrogen) atoms. The number of rotatable bonds is 7. The van der Waals surface area contributed by atoms with Gasteiger partial charge in [-0.2, -0.15) is 4.31 Å². The van der Waals surface area contributed by atoms with Crippen molar-refractivity contribution in [2.24, 2.45) is 0 Å². The molecule has 1 amide bonds. The number of benzene rings is 3. The first-order chi connectivity index (χ1) is 15.1. The van der Waals surface area contributed by atoms with Gasteiger partial charge in [0.25, 0.3) is 0 Å². The molecule has 5 nitrogen and oxygen atoms in total. The lowest BCUT2D eigenvalue weighted by molar-refractivity contribution is -0.116. The summed E-state index contributed by atoms with van der Waals surface area (Å²) in [5.74, 6) is -2.95. The second-order valence-corrected chi connectivity index (χ2v) is 10.3. The maximum Gasteiger partial charge on any atom is 0.243 e. The molecule has 0 aliphatic carbocycles. The molecule has 0 heterocycles. The predicted molar refractivity (Wildman–Crippen MR) is 123 cm³/mol. The van der Waals surface area contributed by atoms with Crippen molar-refractivity contribution in [1.29, 1.82) is 0 Å². The summed E-state index contributed by atoms with van der Waals surface area (Å²) in [6.45, 7) is -0.766. The molecule has 3 aromatic carbocycles. The fraction of sp³-hybridized carbons (Fsp3) is 0.0952. The first-order valence-corrected chi connectivity index (χ1v) is 12.0. The molecule has 0 saturated heterocycles. The molecule has 3 rings (SSSR count). The first-order valence-electron chi connectivity index (χ1n) is 9.01. The highest BCUT2D eigenvalue weighted by molar-refractivity contribution is 9.10. The minimum atomic E-state index is -4.10. The summed E-state index contributed by atoms with van der Waals surface area (Å²) >= 11 is 15.2. The molecule has 0 aromatic heterocycles. The Morgan fingerprint density at radius 3 is 2.25 bits per heavy atom. The van der Waals surface area contributed by atoms with Gasteiger partial charge in [-0.25, -0.2) is 17.2 Å². The number of hydrogen-bond acceptors (Lipinski definition) is 3. The van der Waals surface area contributed by atoms with Crippen LogP contribution in [0, 0.1) is 11.6 Å².